The Hall–Kier alpha value is -0.720. The Bertz CT molecular complexity index is 391. The normalized spacial score (nSPS) is 10.5. The van der Waals surface area contributed by atoms with E-state index in [0.29, 0.717) is 14.7 Å². The van der Waals surface area contributed by atoms with Crippen LogP contribution in [-0.4, -0.2) is 12.4 Å². The minimum atomic E-state index is -2.88. The lowest BCUT2D eigenvalue weighted by Gasteiger charge is -2.12. The number of ether oxygens (including phenoxy) is 1. The van der Waals surface area contributed by atoms with Gasteiger partial charge in [-0.3, -0.25) is 4.79 Å². The predicted octanol–water partition coefficient (Wildman–Crippen LogP) is 3.40. The van der Waals surface area contributed by atoms with Crippen molar-refractivity contribution >= 4 is 28.4 Å². The largest absolute Gasteiger partial charge is 0.433 e. The zero-order valence-corrected chi connectivity index (χ0v) is 10.3. The van der Waals surface area contributed by atoms with E-state index in [9.17, 15) is 13.6 Å². The number of hydrogen-bond donors (Lipinski definition) is 0. The van der Waals surface area contributed by atoms with Gasteiger partial charge in [0.05, 0.1) is 3.57 Å². The summed E-state index contributed by atoms with van der Waals surface area (Å²) < 4.78 is 29.1. The molecule has 0 radical (unpaired) electrons. The molecule has 0 atom stereocenters. The molecule has 82 valence electrons. The first-order valence-corrected chi connectivity index (χ1v) is 5.26. The van der Waals surface area contributed by atoms with Gasteiger partial charge in [0.2, 0.25) is 0 Å². The molecular weight excluding hydrogens is 317 g/mol. The van der Waals surface area contributed by atoms with Crippen molar-refractivity contribution in [1.29, 1.82) is 0 Å². The van der Waals surface area contributed by atoms with Gasteiger partial charge in [-0.25, -0.2) is 0 Å². The summed E-state index contributed by atoms with van der Waals surface area (Å²) in [7, 11) is 0. The van der Waals surface area contributed by atoms with Crippen LogP contribution in [0.1, 0.15) is 22.8 Å². The van der Waals surface area contributed by atoms with Crippen molar-refractivity contribution in [1.82, 2.24) is 0 Å². The first-order valence-electron chi connectivity index (χ1n) is 4.18. The van der Waals surface area contributed by atoms with Crippen LogP contribution in [0.25, 0.3) is 0 Å². The first kappa shape index (κ1) is 12.4. The Kier molecular flexibility index (Phi) is 4.01. The Morgan fingerprint density at radius 3 is 2.53 bits per heavy atom. The Morgan fingerprint density at radius 2 is 2.07 bits per heavy atom. The second-order valence-corrected chi connectivity index (χ2v) is 4.15. The van der Waals surface area contributed by atoms with Crippen molar-refractivity contribution in [3.63, 3.8) is 0 Å². The Labute approximate surface area is 99.8 Å². The van der Waals surface area contributed by atoms with Gasteiger partial charge in [0, 0.05) is 11.1 Å². The maximum Gasteiger partial charge on any atom is 0.387 e. The highest BCUT2D eigenvalue weighted by Gasteiger charge is 2.15. The Morgan fingerprint density at radius 1 is 1.47 bits per heavy atom. The molecular formula is C10H9F2IO2. The summed E-state index contributed by atoms with van der Waals surface area (Å²) in [5.74, 6) is -0.0821. The summed E-state index contributed by atoms with van der Waals surface area (Å²) in [6.07, 6.45) is 0. The number of halogens is 3. The minimum absolute atomic E-state index is 0.0818. The monoisotopic (exact) mass is 326 g/mol. The molecule has 0 heterocycles. The van der Waals surface area contributed by atoms with Crippen LogP contribution < -0.4 is 4.74 Å². The number of carbonyl (C=O) groups is 1. The standard InChI is InChI=1S/C10H9F2IO2/c1-5-7(6(2)14)3-4-8(13)9(5)15-10(11)12/h3-4,10H,1-2H3. The van der Waals surface area contributed by atoms with Gasteiger partial charge in [0.25, 0.3) is 0 Å². The number of benzene rings is 1. The van der Waals surface area contributed by atoms with E-state index < -0.39 is 6.61 Å². The molecule has 0 aromatic heterocycles. The van der Waals surface area contributed by atoms with Gasteiger partial charge in [-0.15, -0.1) is 0 Å². The second kappa shape index (κ2) is 4.87. The molecule has 0 spiro atoms. The van der Waals surface area contributed by atoms with Crippen LogP contribution >= 0.6 is 22.6 Å². The number of rotatable bonds is 3. The molecule has 0 saturated carbocycles. The third-order valence-electron chi connectivity index (χ3n) is 1.94. The number of carbonyl (C=O) groups excluding carboxylic acids is 1. The highest BCUT2D eigenvalue weighted by Crippen LogP contribution is 2.29. The highest BCUT2D eigenvalue weighted by atomic mass is 127. The lowest BCUT2D eigenvalue weighted by Crippen LogP contribution is -2.07. The van der Waals surface area contributed by atoms with E-state index >= 15 is 0 Å². The fourth-order valence-electron chi connectivity index (χ4n) is 1.27. The smallest absolute Gasteiger partial charge is 0.387 e. The number of alkyl halides is 2. The molecule has 1 rings (SSSR count). The average molecular weight is 326 g/mol. The molecule has 15 heavy (non-hydrogen) atoms. The third-order valence-corrected chi connectivity index (χ3v) is 2.79. The van der Waals surface area contributed by atoms with Gasteiger partial charge in [0.15, 0.2) is 5.78 Å². The van der Waals surface area contributed by atoms with Crippen LogP contribution in [0.5, 0.6) is 5.75 Å². The highest BCUT2D eigenvalue weighted by molar-refractivity contribution is 14.1. The molecule has 5 heteroatoms. The second-order valence-electron chi connectivity index (χ2n) is 2.98. The van der Waals surface area contributed by atoms with Gasteiger partial charge in [-0.1, -0.05) is 0 Å². The summed E-state index contributed by atoms with van der Waals surface area (Å²) >= 11 is 1.89. The SMILES string of the molecule is CC(=O)c1ccc(I)c(OC(F)F)c1C. The maximum absolute atomic E-state index is 12.1. The van der Waals surface area contributed by atoms with Crippen LogP contribution in [-0.2, 0) is 0 Å². The molecule has 0 unspecified atom stereocenters. The third kappa shape index (κ3) is 2.87. The van der Waals surface area contributed by atoms with Gasteiger partial charge in [0.1, 0.15) is 5.75 Å². The lowest BCUT2D eigenvalue weighted by atomic mass is 10.1. The van der Waals surface area contributed by atoms with E-state index in [0.717, 1.165) is 0 Å². The molecule has 0 aliphatic carbocycles. The summed E-state index contributed by atoms with van der Waals surface area (Å²) in [6.45, 7) is 0.109. The quantitative estimate of drug-likeness (QED) is 0.629. The van der Waals surface area contributed by atoms with Crippen molar-refractivity contribution in [2.24, 2.45) is 0 Å². The lowest BCUT2D eigenvalue weighted by molar-refractivity contribution is -0.0509. The number of hydrogen-bond acceptors (Lipinski definition) is 2. The van der Waals surface area contributed by atoms with Crippen molar-refractivity contribution in [3.05, 3.63) is 26.8 Å². The van der Waals surface area contributed by atoms with Crippen molar-refractivity contribution in [2.45, 2.75) is 20.5 Å². The van der Waals surface area contributed by atoms with Gasteiger partial charge < -0.3 is 4.74 Å². The van der Waals surface area contributed by atoms with E-state index in [1.165, 1.54) is 6.92 Å². The predicted molar refractivity (Wildman–Crippen MR) is 60.5 cm³/mol. The van der Waals surface area contributed by atoms with Gasteiger partial charge in [-0.2, -0.15) is 8.78 Å². The van der Waals surface area contributed by atoms with Crippen molar-refractivity contribution in [3.8, 4) is 5.75 Å². The van der Waals surface area contributed by atoms with Gasteiger partial charge in [-0.05, 0) is 48.6 Å². The molecule has 0 fully saturated rings. The summed E-state index contributed by atoms with van der Waals surface area (Å²) in [4.78, 5) is 11.2. The van der Waals surface area contributed by atoms with Crippen LogP contribution in [0.15, 0.2) is 12.1 Å². The summed E-state index contributed by atoms with van der Waals surface area (Å²) in [5.41, 5.74) is 0.862. The van der Waals surface area contributed by atoms with E-state index in [1.807, 2.05) is 22.6 Å². The molecule has 2 nitrogen and oxygen atoms in total. The van der Waals surface area contributed by atoms with Crippen LogP contribution in [0.3, 0.4) is 0 Å². The first-order chi connectivity index (χ1) is 6.93. The molecule has 0 bridgehead atoms. The maximum atomic E-state index is 12.1. The molecule has 0 aliphatic rings. The molecule has 0 saturated heterocycles. The minimum Gasteiger partial charge on any atom is -0.433 e. The summed E-state index contributed by atoms with van der Waals surface area (Å²) in [5, 5.41) is 0. The zero-order chi connectivity index (χ0) is 11.6. The Balaban J connectivity index is 3.24. The van der Waals surface area contributed by atoms with Gasteiger partial charge >= 0.3 is 6.61 Å². The zero-order valence-electron chi connectivity index (χ0n) is 8.18. The van der Waals surface area contributed by atoms with Crippen LogP contribution in [0.4, 0.5) is 8.78 Å². The van der Waals surface area contributed by atoms with Crippen LogP contribution in [0, 0.1) is 10.5 Å². The van der Waals surface area contributed by atoms with E-state index in [2.05, 4.69) is 4.74 Å². The van der Waals surface area contributed by atoms with E-state index in [-0.39, 0.29) is 11.5 Å². The fourth-order valence-corrected chi connectivity index (χ4v) is 1.99. The topological polar surface area (TPSA) is 26.3 Å². The molecule has 0 amide bonds. The molecule has 1 aromatic carbocycles. The van der Waals surface area contributed by atoms with E-state index in [4.69, 9.17) is 0 Å². The average Bonchev–Trinajstić information content (AvgIpc) is 2.11. The molecule has 0 N–H and O–H groups in total. The summed E-state index contributed by atoms with van der Waals surface area (Å²) in [6, 6.07) is 3.19. The molecule has 0 aliphatic heterocycles. The molecule has 1 aromatic rings. The fraction of sp³-hybridized carbons (Fsp3) is 0.300. The van der Waals surface area contributed by atoms with E-state index in [1.54, 1.807) is 19.1 Å². The van der Waals surface area contributed by atoms with Crippen molar-refractivity contribution in [2.75, 3.05) is 0 Å². The van der Waals surface area contributed by atoms with Crippen molar-refractivity contribution < 1.29 is 18.3 Å². The number of Topliss-reactive ketones (excluding diaryl/α,β-unsaturated/α-hetero) is 1. The van der Waals surface area contributed by atoms with Crippen LogP contribution in [0.2, 0.25) is 0 Å². The number of ketones is 1.